The second-order valence-electron chi connectivity index (χ2n) is 5.13. The zero-order valence-electron chi connectivity index (χ0n) is 12.1. The molecule has 1 aromatic carbocycles. The van der Waals surface area contributed by atoms with Crippen LogP contribution in [0.5, 0.6) is 0 Å². The Bertz CT molecular complexity index is 355. The second-order valence-corrected chi connectivity index (χ2v) is 5.13. The Morgan fingerprint density at radius 2 is 2.11 bits per heavy atom. The molecule has 0 saturated carbocycles. The van der Waals surface area contributed by atoms with E-state index in [1.165, 1.54) is 5.56 Å². The minimum absolute atomic E-state index is 0.390. The largest absolute Gasteiger partial charge is 0.376 e. The average Bonchev–Trinajstić information content (AvgIpc) is 2.49. The lowest BCUT2D eigenvalue weighted by Crippen LogP contribution is -2.46. The third kappa shape index (κ3) is 4.03. The lowest BCUT2D eigenvalue weighted by atomic mass is 10.0. The van der Waals surface area contributed by atoms with Gasteiger partial charge in [0, 0.05) is 25.7 Å². The molecule has 106 valence electrons. The normalized spacial score (nSPS) is 22.3. The number of ether oxygens (including phenoxy) is 1. The van der Waals surface area contributed by atoms with Crippen molar-refractivity contribution in [1.82, 2.24) is 10.2 Å². The highest BCUT2D eigenvalue weighted by Crippen LogP contribution is 2.23. The first kappa shape index (κ1) is 14.5. The zero-order valence-corrected chi connectivity index (χ0v) is 12.1. The molecule has 0 aromatic heterocycles. The summed E-state index contributed by atoms with van der Waals surface area (Å²) >= 11 is 0. The van der Waals surface area contributed by atoms with E-state index in [2.05, 4.69) is 54.4 Å². The van der Waals surface area contributed by atoms with Gasteiger partial charge >= 0.3 is 0 Å². The summed E-state index contributed by atoms with van der Waals surface area (Å²) in [5, 5.41) is 3.49. The Labute approximate surface area is 116 Å². The number of nitrogens with zero attached hydrogens (tertiary/aromatic N) is 1. The van der Waals surface area contributed by atoms with Gasteiger partial charge in [-0.05, 0) is 18.5 Å². The Morgan fingerprint density at radius 1 is 1.32 bits per heavy atom. The maximum Gasteiger partial charge on any atom is 0.0700 e. The van der Waals surface area contributed by atoms with E-state index < -0.39 is 0 Å². The molecule has 1 heterocycles. The maximum absolute atomic E-state index is 5.79. The van der Waals surface area contributed by atoms with Crippen molar-refractivity contribution >= 4 is 0 Å². The minimum atomic E-state index is 0.390. The van der Waals surface area contributed by atoms with Crippen molar-refractivity contribution in [3.05, 3.63) is 35.9 Å². The summed E-state index contributed by atoms with van der Waals surface area (Å²) < 4.78 is 5.79. The monoisotopic (exact) mass is 262 g/mol. The van der Waals surface area contributed by atoms with E-state index in [-0.39, 0.29) is 0 Å². The molecule has 3 heteroatoms. The molecule has 0 aliphatic carbocycles. The highest BCUT2D eigenvalue weighted by molar-refractivity contribution is 5.19. The van der Waals surface area contributed by atoms with E-state index in [0.717, 1.165) is 39.2 Å². The minimum Gasteiger partial charge on any atom is -0.376 e. The lowest BCUT2D eigenvalue weighted by Gasteiger charge is -2.38. The van der Waals surface area contributed by atoms with Gasteiger partial charge in [-0.2, -0.15) is 0 Å². The smallest absolute Gasteiger partial charge is 0.0700 e. The SMILES string of the molecule is CCNCC(c1ccccc1)N1CCOC(CC)C1. The molecule has 2 unspecified atom stereocenters. The highest BCUT2D eigenvalue weighted by atomic mass is 16.5. The van der Waals surface area contributed by atoms with Crippen LogP contribution in [-0.4, -0.2) is 43.8 Å². The van der Waals surface area contributed by atoms with Crippen LogP contribution in [0.25, 0.3) is 0 Å². The van der Waals surface area contributed by atoms with Crippen molar-refractivity contribution in [2.75, 3.05) is 32.8 Å². The maximum atomic E-state index is 5.79. The Kier molecular flexibility index (Phi) is 5.83. The van der Waals surface area contributed by atoms with Crippen molar-refractivity contribution in [1.29, 1.82) is 0 Å². The van der Waals surface area contributed by atoms with E-state index >= 15 is 0 Å². The predicted molar refractivity (Wildman–Crippen MR) is 79.3 cm³/mol. The highest BCUT2D eigenvalue weighted by Gasteiger charge is 2.26. The third-order valence-electron chi connectivity index (χ3n) is 3.84. The van der Waals surface area contributed by atoms with Crippen molar-refractivity contribution < 1.29 is 4.74 Å². The van der Waals surface area contributed by atoms with Crippen LogP contribution < -0.4 is 5.32 Å². The van der Waals surface area contributed by atoms with Gasteiger partial charge in [-0.3, -0.25) is 4.90 Å². The van der Waals surface area contributed by atoms with Gasteiger partial charge in [-0.1, -0.05) is 44.2 Å². The van der Waals surface area contributed by atoms with Gasteiger partial charge in [0.1, 0.15) is 0 Å². The predicted octanol–water partition coefficient (Wildman–Crippen LogP) is 2.45. The van der Waals surface area contributed by atoms with E-state index in [9.17, 15) is 0 Å². The molecule has 1 aliphatic heterocycles. The van der Waals surface area contributed by atoms with Crippen LogP contribution in [0.4, 0.5) is 0 Å². The summed E-state index contributed by atoms with van der Waals surface area (Å²) in [7, 11) is 0. The molecular formula is C16H26N2O. The van der Waals surface area contributed by atoms with Crippen LogP contribution in [0.1, 0.15) is 31.9 Å². The van der Waals surface area contributed by atoms with E-state index in [0.29, 0.717) is 12.1 Å². The van der Waals surface area contributed by atoms with Gasteiger partial charge in [0.05, 0.1) is 12.7 Å². The van der Waals surface area contributed by atoms with Crippen LogP contribution in [0.2, 0.25) is 0 Å². The summed E-state index contributed by atoms with van der Waals surface area (Å²) in [5.41, 5.74) is 1.40. The molecule has 19 heavy (non-hydrogen) atoms. The van der Waals surface area contributed by atoms with Crippen LogP contribution in [0.3, 0.4) is 0 Å². The molecular weight excluding hydrogens is 236 g/mol. The van der Waals surface area contributed by atoms with Crippen molar-refractivity contribution in [3.63, 3.8) is 0 Å². The number of rotatable bonds is 6. The van der Waals surface area contributed by atoms with Gasteiger partial charge in [-0.25, -0.2) is 0 Å². The first-order valence-corrected chi connectivity index (χ1v) is 7.46. The quantitative estimate of drug-likeness (QED) is 0.852. The fraction of sp³-hybridized carbons (Fsp3) is 0.625. The number of morpholine rings is 1. The summed E-state index contributed by atoms with van der Waals surface area (Å²) in [6.07, 6.45) is 1.49. The standard InChI is InChI=1S/C16H26N2O/c1-3-15-13-18(10-11-19-15)16(12-17-4-2)14-8-6-5-7-9-14/h5-9,15-17H,3-4,10-13H2,1-2H3. The summed E-state index contributed by atoms with van der Waals surface area (Å²) in [6, 6.07) is 11.3. The molecule has 2 atom stereocenters. The van der Waals surface area contributed by atoms with Crippen molar-refractivity contribution in [2.24, 2.45) is 0 Å². The van der Waals surface area contributed by atoms with Crippen molar-refractivity contribution in [2.45, 2.75) is 32.4 Å². The van der Waals surface area contributed by atoms with Crippen LogP contribution in [0, 0.1) is 0 Å². The zero-order chi connectivity index (χ0) is 13.5. The number of nitrogens with one attached hydrogen (secondary N) is 1. The molecule has 1 N–H and O–H groups in total. The molecule has 0 bridgehead atoms. The molecule has 1 aromatic rings. The van der Waals surface area contributed by atoms with Gasteiger partial charge in [0.2, 0.25) is 0 Å². The molecule has 0 spiro atoms. The first-order valence-electron chi connectivity index (χ1n) is 7.46. The summed E-state index contributed by atoms with van der Waals surface area (Å²) in [6.45, 7) is 9.32. The fourth-order valence-electron chi connectivity index (χ4n) is 2.69. The molecule has 1 fully saturated rings. The Hall–Kier alpha value is -0.900. The van der Waals surface area contributed by atoms with E-state index in [1.807, 2.05) is 0 Å². The molecule has 0 radical (unpaired) electrons. The topological polar surface area (TPSA) is 24.5 Å². The summed E-state index contributed by atoms with van der Waals surface area (Å²) in [5.74, 6) is 0. The third-order valence-corrected chi connectivity index (χ3v) is 3.84. The van der Waals surface area contributed by atoms with Gasteiger partial charge in [0.25, 0.3) is 0 Å². The van der Waals surface area contributed by atoms with Crippen molar-refractivity contribution in [3.8, 4) is 0 Å². The van der Waals surface area contributed by atoms with Crippen LogP contribution in [0.15, 0.2) is 30.3 Å². The van der Waals surface area contributed by atoms with Crippen LogP contribution in [-0.2, 0) is 4.74 Å². The number of likely N-dealkylation sites (N-methyl/N-ethyl adjacent to an activating group) is 1. The number of benzene rings is 1. The van der Waals surface area contributed by atoms with Crippen LogP contribution >= 0.6 is 0 Å². The van der Waals surface area contributed by atoms with E-state index in [1.54, 1.807) is 0 Å². The first-order chi connectivity index (χ1) is 9.35. The van der Waals surface area contributed by atoms with E-state index in [4.69, 9.17) is 4.74 Å². The number of hydrogen-bond acceptors (Lipinski definition) is 3. The van der Waals surface area contributed by atoms with Gasteiger partial charge in [-0.15, -0.1) is 0 Å². The molecule has 0 amide bonds. The van der Waals surface area contributed by atoms with Gasteiger partial charge < -0.3 is 10.1 Å². The van der Waals surface area contributed by atoms with Gasteiger partial charge in [0.15, 0.2) is 0 Å². The lowest BCUT2D eigenvalue weighted by molar-refractivity contribution is -0.0447. The number of hydrogen-bond donors (Lipinski definition) is 1. The molecule has 3 nitrogen and oxygen atoms in total. The second kappa shape index (κ2) is 7.63. The Morgan fingerprint density at radius 3 is 2.79 bits per heavy atom. The fourth-order valence-corrected chi connectivity index (χ4v) is 2.69. The molecule has 2 rings (SSSR count). The molecule has 1 aliphatic rings. The molecule has 1 saturated heterocycles. The Balaban J connectivity index is 2.08. The average molecular weight is 262 g/mol. The summed E-state index contributed by atoms with van der Waals surface area (Å²) in [4.78, 5) is 2.57.